The number of rotatable bonds is 1. The quantitative estimate of drug-likeness (QED) is 0.445. The van der Waals surface area contributed by atoms with Gasteiger partial charge in [-0.3, -0.25) is 0 Å². The van der Waals surface area contributed by atoms with E-state index in [0.29, 0.717) is 0 Å². The summed E-state index contributed by atoms with van der Waals surface area (Å²) in [7, 11) is 0. The molecule has 0 aromatic rings. The number of hydrogen-bond acceptors (Lipinski definition) is 0. The van der Waals surface area contributed by atoms with Crippen LogP contribution in [0, 0.1) is 0 Å². The van der Waals surface area contributed by atoms with Gasteiger partial charge in [0.25, 0.3) is 0 Å². The van der Waals surface area contributed by atoms with E-state index in [1.54, 1.807) is 3.79 Å². The summed E-state index contributed by atoms with van der Waals surface area (Å²) < 4.78 is 1.72. The van der Waals surface area contributed by atoms with Crippen molar-refractivity contribution in [3.05, 3.63) is 22.0 Å². The first kappa shape index (κ1) is 25.3. The fraction of sp³-hybridized carbons (Fsp3) is 0.600. The third kappa shape index (κ3) is 8.15. The topological polar surface area (TPSA) is 0 Å². The Kier molecular flexibility index (Phi) is 9.81. The van der Waals surface area contributed by atoms with Crippen LogP contribution in [0.4, 0.5) is 0 Å². The Morgan fingerprint density at radius 2 is 1.27 bits per heavy atom. The van der Waals surface area contributed by atoms with E-state index in [9.17, 15) is 0 Å². The van der Waals surface area contributed by atoms with Crippen LogP contribution >= 0.6 is 49.6 Å². The van der Waals surface area contributed by atoms with Crippen LogP contribution in [0.1, 0.15) is 6.42 Å². The molecule has 0 spiro atoms. The van der Waals surface area contributed by atoms with Gasteiger partial charge < -0.3 is 0 Å². The first-order valence-electron chi connectivity index (χ1n) is 4.18. The molecule has 15 heavy (non-hydrogen) atoms. The van der Waals surface area contributed by atoms with Gasteiger partial charge in [0.2, 0.25) is 0 Å². The van der Waals surface area contributed by atoms with Crippen LogP contribution < -0.4 is 0 Å². The van der Waals surface area contributed by atoms with Gasteiger partial charge in [-0.2, -0.15) is 0 Å². The third-order valence-electron chi connectivity index (χ3n) is 2.19. The summed E-state index contributed by atoms with van der Waals surface area (Å²) in [6.07, 6.45) is 8.01. The molecular formula is C10H24Cl4Ta. The van der Waals surface area contributed by atoms with Crippen LogP contribution in [0.25, 0.3) is 0 Å². The van der Waals surface area contributed by atoms with Crippen molar-refractivity contribution in [1.82, 2.24) is 0 Å². The average Bonchev–Trinajstić information content (AvgIpc) is 2.01. The predicted molar refractivity (Wildman–Crippen MR) is 80.2 cm³/mol. The molecule has 0 unspecified atom stereocenters. The maximum atomic E-state index is 2.50. The van der Waals surface area contributed by atoms with Gasteiger partial charge in [-0.05, 0) is 0 Å². The third-order valence-corrected chi connectivity index (χ3v) is 13.7. The first-order chi connectivity index (χ1) is 4.59. The van der Waals surface area contributed by atoms with Crippen molar-refractivity contribution in [2.24, 2.45) is 0 Å². The zero-order chi connectivity index (χ0) is 8.81. The number of halogens is 4. The van der Waals surface area contributed by atoms with Gasteiger partial charge in [-0.15, -0.1) is 49.6 Å². The van der Waals surface area contributed by atoms with E-state index in [0.717, 1.165) is 0 Å². The Balaban J connectivity index is -0.000000151. The molecule has 0 aliphatic heterocycles. The van der Waals surface area contributed by atoms with Gasteiger partial charge in [0.15, 0.2) is 0 Å². The number of allylic oxidation sites excluding steroid dienone is 4. The molecule has 1 aliphatic carbocycles. The summed E-state index contributed by atoms with van der Waals surface area (Å²) >= 11 is -2.82. The second-order valence-corrected chi connectivity index (χ2v) is 49.1. The fourth-order valence-electron chi connectivity index (χ4n) is 1.27. The Morgan fingerprint density at radius 1 is 0.867 bits per heavy atom. The standard InChI is InChI=1S/C5H5.5CH3.4ClH.Ta/c1-2-4-5-3-1;;;;;;;;;;/h1-3H,4H2;5*1H3;4*1H;. The maximum absolute atomic E-state index is 2.82. The SMILES string of the molecule is Cl.Cl.Cl.Cl.[CH3][Ta]([CH3])([CH3])([CH3])([CH3])[C]1=CC=CC1. The molecule has 0 aromatic heterocycles. The van der Waals surface area contributed by atoms with E-state index in [4.69, 9.17) is 0 Å². The van der Waals surface area contributed by atoms with E-state index in [-0.39, 0.29) is 49.6 Å². The van der Waals surface area contributed by atoms with Crippen LogP contribution in [-0.4, -0.2) is 0 Å². The van der Waals surface area contributed by atoms with E-state index in [2.05, 4.69) is 43.9 Å². The molecule has 0 saturated heterocycles. The van der Waals surface area contributed by atoms with E-state index >= 15 is 0 Å². The monoisotopic (exact) mass is 465 g/mol. The normalized spacial score (nSPS) is 17.8. The molecule has 0 heterocycles. The van der Waals surface area contributed by atoms with Gasteiger partial charge in [-0.25, -0.2) is 0 Å². The molecule has 0 bridgehead atoms. The van der Waals surface area contributed by atoms with E-state index in [1.165, 1.54) is 6.42 Å². The van der Waals surface area contributed by atoms with Crippen LogP contribution in [0.15, 0.2) is 22.0 Å². The Labute approximate surface area is 117 Å². The average molecular weight is 467 g/mol. The van der Waals surface area contributed by atoms with Crippen molar-refractivity contribution in [3.63, 3.8) is 0 Å². The van der Waals surface area contributed by atoms with Gasteiger partial charge >= 0.3 is 68.7 Å². The van der Waals surface area contributed by atoms with Crippen molar-refractivity contribution in [2.75, 3.05) is 0 Å². The van der Waals surface area contributed by atoms with Crippen molar-refractivity contribution in [2.45, 2.75) is 32.1 Å². The van der Waals surface area contributed by atoms with Gasteiger partial charge in [0.1, 0.15) is 0 Å². The molecule has 0 fully saturated rings. The van der Waals surface area contributed by atoms with Crippen molar-refractivity contribution >= 4 is 49.6 Å². The predicted octanol–water partition coefficient (Wildman–Crippen LogP) is 5.98. The fourth-order valence-corrected chi connectivity index (χ4v) is 7.91. The van der Waals surface area contributed by atoms with Crippen LogP contribution in [-0.2, 0) is 14.5 Å². The number of hydrogen-bond donors (Lipinski definition) is 0. The molecule has 1 rings (SSSR count). The summed E-state index contributed by atoms with van der Waals surface area (Å²) in [5.74, 6) is 0. The minimum atomic E-state index is -2.82. The van der Waals surface area contributed by atoms with Gasteiger partial charge in [0.05, 0.1) is 0 Å². The van der Waals surface area contributed by atoms with Crippen LogP contribution in [0.5, 0.6) is 0 Å². The molecule has 0 aromatic carbocycles. The molecule has 0 radical (unpaired) electrons. The van der Waals surface area contributed by atoms with Gasteiger partial charge in [-0.1, -0.05) is 0 Å². The summed E-state index contributed by atoms with van der Waals surface area (Å²) in [4.78, 5) is 0. The van der Waals surface area contributed by atoms with Crippen molar-refractivity contribution < 1.29 is 14.5 Å². The van der Waals surface area contributed by atoms with E-state index < -0.39 is 14.5 Å². The molecular weight excluding hydrogens is 443 g/mol. The second kappa shape index (κ2) is 5.82. The minimum absolute atomic E-state index is 0. The summed E-state index contributed by atoms with van der Waals surface area (Å²) in [6.45, 7) is 0. The van der Waals surface area contributed by atoms with Crippen molar-refractivity contribution in [3.8, 4) is 0 Å². The molecule has 97 valence electrons. The first-order valence-corrected chi connectivity index (χ1v) is 21.9. The Bertz CT molecular complexity index is 244. The van der Waals surface area contributed by atoms with Crippen molar-refractivity contribution in [1.29, 1.82) is 0 Å². The Hall–Kier alpha value is 1.38. The van der Waals surface area contributed by atoms with Gasteiger partial charge in [0, 0.05) is 0 Å². The zero-order valence-electron chi connectivity index (χ0n) is 10.0. The molecule has 1 aliphatic rings. The van der Waals surface area contributed by atoms with Crippen LogP contribution in [0.3, 0.4) is 0 Å². The summed E-state index contributed by atoms with van der Waals surface area (Å²) in [5, 5.41) is 12.5. The summed E-state index contributed by atoms with van der Waals surface area (Å²) in [5.41, 5.74) is 0. The molecule has 0 saturated carbocycles. The summed E-state index contributed by atoms with van der Waals surface area (Å²) in [6, 6.07) is 0. The molecule has 5 heteroatoms. The molecule has 0 amide bonds. The second-order valence-electron chi connectivity index (χ2n) is 6.88. The Morgan fingerprint density at radius 3 is 1.40 bits per heavy atom. The zero-order valence-corrected chi connectivity index (χ0v) is 16.5. The molecule has 0 atom stereocenters. The molecule has 0 nitrogen and oxygen atoms in total. The van der Waals surface area contributed by atoms with Crippen LogP contribution in [0.2, 0.25) is 25.7 Å². The molecule has 0 N–H and O–H groups in total. The van der Waals surface area contributed by atoms with E-state index in [1.807, 2.05) is 0 Å².